The average Bonchev–Trinajstić information content (AvgIpc) is 3.42. The van der Waals surface area contributed by atoms with Crippen molar-refractivity contribution in [3.8, 4) is 11.3 Å². The van der Waals surface area contributed by atoms with E-state index in [4.69, 9.17) is 4.52 Å². The third-order valence-corrected chi connectivity index (χ3v) is 5.56. The van der Waals surface area contributed by atoms with E-state index in [1.165, 1.54) is 0 Å². The Hall–Kier alpha value is -2.67. The Balaban J connectivity index is 1.60. The van der Waals surface area contributed by atoms with Gasteiger partial charge in [-0.05, 0) is 38.0 Å². The lowest BCUT2D eigenvalue weighted by atomic mass is 9.99. The molecule has 1 aromatic carbocycles. The second kappa shape index (κ2) is 7.75. The number of rotatable bonds is 5. The highest BCUT2D eigenvalue weighted by atomic mass is 79.9. The van der Waals surface area contributed by atoms with E-state index >= 15 is 0 Å². The Morgan fingerprint density at radius 3 is 2.79 bits per heavy atom. The molecule has 1 amide bonds. The van der Waals surface area contributed by atoms with E-state index in [2.05, 4.69) is 31.4 Å². The standard InChI is InChI=1S/C21H20BrN3O3/c1-12-18(19(25-28-12)13-5-4-6-15(22)9-13)20(26)14-10-17(23-11-14)21(27)24-16-7-2-3-8-16/h4-6,9-11,16,23H,2-3,7-8H2,1H3,(H,24,27). The fourth-order valence-corrected chi connectivity index (χ4v) is 4.01. The van der Waals surface area contributed by atoms with E-state index in [-0.39, 0.29) is 17.7 Å². The Morgan fingerprint density at radius 2 is 2.04 bits per heavy atom. The lowest BCUT2D eigenvalue weighted by molar-refractivity contribution is 0.0933. The molecule has 2 N–H and O–H groups in total. The molecule has 0 radical (unpaired) electrons. The number of benzene rings is 1. The number of ketones is 1. The van der Waals surface area contributed by atoms with Gasteiger partial charge in [0.1, 0.15) is 17.1 Å². The number of aromatic nitrogens is 2. The van der Waals surface area contributed by atoms with Crippen LogP contribution in [0.25, 0.3) is 11.3 Å². The maximum Gasteiger partial charge on any atom is 0.267 e. The van der Waals surface area contributed by atoms with Crippen LogP contribution in [0.5, 0.6) is 0 Å². The van der Waals surface area contributed by atoms with E-state index in [0.29, 0.717) is 28.3 Å². The zero-order valence-electron chi connectivity index (χ0n) is 15.4. The van der Waals surface area contributed by atoms with Crippen LogP contribution in [-0.4, -0.2) is 27.9 Å². The summed E-state index contributed by atoms with van der Waals surface area (Å²) >= 11 is 3.43. The van der Waals surface area contributed by atoms with Crippen molar-refractivity contribution in [1.29, 1.82) is 0 Å². The fraction of sp³-hybridized carbons (Fsp3) is 0.286. The summed E-state index contributed by atoms with van der Waals surface area (Å²) in [5.41, 5.74) is 2.46. The molecule has 3 aromatic rings. The second-order valence-corrected chi connectivity index (χ2v) is 7.97. The van der Waals surface area contributed by atoms with Crippen molar-refractivity contribution in [2.75, 3.05) is 0 Å². The molecule has 28 heavy (non-hydrogen) atoms. The maximum atomic E-state index is 13.1. The van der Waals surface area contributed by atoms with Crippen molar-refractivity contribution >= 4 is 27.6 Å². The highest BCUT2D eigenvalue weighted by Gasteiger charge is 2.25. The number of aromatic amines is 1. The van der Waals surface area contributed by atoms with Crippen LogP contribution in [0.1, 0.15) is 57.9 Å². The van der Waals surface area contributed by atoms with Gasteiger partial charge in [-0.1, -0.05) is 46.1 Å². The lowest BCUT2D eigenvalue weighted by Gasteiger charge is -2.10. The number of nitrogens with one attached hydrogen (secondary N) is 2. The molecule has 144 valence electrons. The molecule has 1 aliphatic carbocycles. The molecule has 2 aromatic heterocycles. The normalized spacial score (nSPS) is 14.4. The molecule has 7 heteroatoms. The summed E-state index contributed by atoms with van der Waals surface area (Å²) in [4.78, 5) is 28.5. The van der Waals surface area contributed by atoms with Crippen molar-refractivity contribution in [1.82, 2.24) is 15.5 Å². The minimum absolute atomic E-state index is 0.180. The number of H-pyrrole nitrogens is 1. The number of nitrogens with zero attached hydrogens (tertiary/aromatic N) is 1. The molecular weight excluding hydrogens is 422 g/mol. The summed E-state index contributed by atoms with van der Waals surface area (Å²) in [5, 5.41) is 7.10. The number of amides is 1. The smallest absolute Gasteiger partial charge is 0.267 e. The largest absolute Gasteiger partial charge is 0.360 e. The van der Waals surface area contributed by atoms with E-state index < -0.39 is 0 Å². The Kier molecular flexibility index (Phi) is 5.17. The SMILES string of the molecule is Cc1onc(-c2cccc(Br)c2)c1C(=O)c1c[nH]c(C(=O)NC2CCCC2)c1. The van der Waals surface area contributed by atoms with Crippen molar-refractivity contribution in [3.05, 3.63) is 63.6 Å². The number of carbonyl (C=O) groups excluding carboxylic acids is 2. The van der Waals surface area contributed by atoms with Crippen LogP contribution in [0.15, 0.2) is 45.5 Å². The van der Waals surface area contributed by atoms with Crippen LogP contribution in [0.4, 0.5) is 0 Å². The van der Waals surface area contributed by atoms with Gasteiger partial charge in [-0.25, -0.2) is 0 Å². The molecule has 1 fully saturated rings. The van der Waals surface area contributed by atoms with Crippen molar-refractivity contribution in [2.45, 2.75) is 38.6 Å². The minimum atomic E-state index is -0.232. The molecule has 0 bridgehead atoms. The summed E-state index contributed by atoms with van der Waals surface area (Å²) < 4.78 is 6.19. The number of aryl methyl sites for hydroxylation is 1. The molecule has 6 nitrogen and oxygen atoms in total. The van der Waals surface area contributed by atoms with Crippen LogP contribution < -0.4 is 5.32 Å². The predicted octanol–water partition coefficient (Wildman–Crippen LogP) is 4.64. The average molecular weight is 442 g/mol. The zero-order chi connectivity index (χ0) is 19.7. The highest BCUT2D eigenvalue weighted by molar-refractivity contribution is 9.10. The second-order valence-electron chi connectivity index (χ2n) is 7.06. The summed E-state index contributed by atoms with van der Waals surface area (Å²) in [6, 6.07) is 9.34. The van der Waals surface area contributed by atoms with E-state index in [1.54, 1.807) is 19.2 Å². The van der Waals surface area contributed by atoms with Gasteiger partial charge < -0.3 is 14.8 Å². The van der Waals surface area contributed by atoms with E-state index in [1.807, 2.05) is 24.3 Å². The quantitative estimate of drug-likeness (QED) is 0.564. The van der Waals surface area contributed by atoms with Crippen molar-refractivity contribution < 1.29 is 14.1 Å². The van der Waals surface area contributed by atoms with Gasteiger partial charge >= 0.3 is 0 Å². The highest BCUT2D eigenvalue weighted by Crippen LogP contribution is 2.29. The van der Waals surface area contributed by atoms with Crippen molar-refractivity contribution in [3.63, 3.8) is 0 Å². The van der Waals surface area contributed by atoms with Gasteiger partial charge in [-0.15, -0.1) is 0 Å². The first-order chi connectivity index (χ1) is 13.5. The molecule has 2 heterocycles. The van der Waals surface area contributed by atoms with E-state index in [0.717, 1.165) is 35.7 Å². The Bertz CT molecular complexity index is 1030. The van der Waals surface area contributed by atoms with Crippen LogP contribution >= 0.6 is 15.9 Å². The summed E-state index contributed by atoms with van der Waals surface area (Å²) in [6.45, 7) is 1.71. The molecule has 0 saturated heterocycles. The Morgan fingerprint density at radius 1 is 1.25 bits per heavy atom. The molecule has 0 aliphatic heterocycles. The van der Waals surface area contributed by atoms with E-state index in [9.17, 15) is 9.59 Å². The van der Waals surface area contributed by atoms with Gasteiger partial charge in [0, 0.05) is 27.8 Å². The topological polar surface area (TPSA) is 88.0 Å². The molecule has 0 unspecified atom stereocenters. The van der Waals surface area contributed by atoms with Gasteiger partial charge in [0.15, 0.2) is 5.78 Å². The molecule has 4 rings (SSSR count). The Labute approximate surface area is 170 Å². The van der Waals surface area contributed by atoms with Gasteiger partial charge in [0.05, 0.1) is 5.56 Å². The first-order valence-corrected chi connectivity index (χ1v) is 10.1. The zero-order valence-corrected chi connectivity index (χ0v) is 17.0. The summed E-state index contributed by atoms with van der Waals surface area (Å²) in [6.07, 6.45) is 5.86. The fourth-order valence-electron chi connectivity index (χ4n) is 3.61. The molecule has 0 spiro atoms. The van der Waals surface area contributed by atoms with Crippen LogP contribution in [0, 0.1) is 6.92 Å². The maximum absolute atomic E-state index is 13.1. The number of halogens is 1. The first-order valence-electron chi connectivity index (χ1n) is 9.29. The molecule has 0 atom stereocenters. The third kappa shape index (κ3) is 3.67. The monoisotopic (exact) mass is 441 g/mol. The molecule has 1 aliphatic rings. The lowest BCUT2D eigenvalue weighted by Crippen LogP contribution is -2.32. The van der Waals surface area contributed by atoms with Gasteiger partial charge in [0.25, 0.3) is 5.91 Å². The minimum Gasteiger partial charge on any atom is -0.360 e. The number of hydrogen-bond donors (Lipinski definition) is 2. The van der Waals surface area contributed by atoms with Crippen LogP contribution in [-0.2, 0) is 0 Å². The summed E-state index contributed by atoms with van der Waals surface area (Å²) in [7, 11) is 0. The summed E-state index contributed by atoms with van der Waals surface area (Å²) in [5.74, 6) is 0.0308. The van der Waals surface area contributed by atoms with Crippen LogP contribution in [0.2, 0.25) is 0 Å². The third-order valence-electron chi connectivity index (χ3n) is 5.07. The number of hydrogen-bond acceptors (Lipinski definition) is 4. The van der Waals surface area contributed by atoms with Crippen molar-refractivity contribution in [2.24, 2.45) is 0 Å². The first kappa shape index (κ1) is 18.7. The van der Waals surface area contributed by atoms with Gasteiger partial charge in [-0.3, -0.25) is 9.59 Å². The molecule has 1 saturated carbocycles. The van der Waals surface area contributed by atoms with Crippen LogP contribution in [0.3, 0.4) is 0 Å². The molecular formula is C21H20BrN3O3. The van der Waals surface area contributed by atoms with Gasteiger partial charge in [-0.2, -0.15) is 0 Å². The number of carbonyl (C=O) groups is 2. The predicted molar refractivity (Wildman–Crippen MR) is 108 cm³/mol. The van der Waals surface area contributed by atoms with Gasteiger partial charge in [0.2, 0.25) is 0 Å².